The number of amides is 2. The molecule has 0 spiro atoms. The summed E-state index contributed by atoms with van der Waals surface area (Å²) in [7, 11) is 2.04. The number of nitrogens with zero attached hydrogens (tertiary/aromatic N) is 4. The first-order chi connectivity index (χ1) is 9.54. The first-order valence-corrected chi connectivity index (χ1v) is 6.53. The highest BCUT2D eigenvalue weighted by molar-refractivity contribution is 5.89. The van der Waals surface area contributed by atoms with Gasteiger partial charge in [0.25, 0.3) is 0 Å². The summed E-state index contributed by atoms with van der Waals surface area (Å²) in [4.78, 5) is 26.6. The second-order valence-electron chi connectivity index (χ2n) is 4.89. The minimum Gasteiger partial charge on any atom is -0.480 e. The van der Waals surface area contributed by atoms with Crippen molar-refractivity contribution >= 4 is 17.7 Å². The number of rotatable bonds is 3. The van der Waals surface area contributed by atoms with Gasteiger partial charge in [-0.2, -0.15) is 5.10 Å². The number of urea groups is 1. The van der Waals surface area contributed by atoms with Crippen molar-refractivity contribution in [2.45, 2.75) is 13.0 Å². The van der Waals surface area contributed by atoms with Crippen molar-refractivity contribution in [2.75, 3.05) is 38.5 Å². The van der Waals surface area contributed by atoms with E-state index in [1.54, 1.807) is 4.90 Å². The molecule has 2 heterocycles. The predicted octanol–water partition coefficient (Wildman–Crippen LogP) is 0.137. The third kappa shape index (κ3) is 3.95. The molecule has 1 aromatic rings. The molecule has 2 amide bonds. The zero-order chi connectivity index (χ0) is 14.5. The Morgan fingerprint density at radius 3 is 2.90 bits per heavy atom. The number of likely N-dealkylation sites (N-methyl/N-ethyl adjacent to an activating group) is 1. The Labute approximate surface area is 117 Å². The number of hydrogen-bond donors (Lipinski definition) is 2. The van der Waals surface area contributed by atoms with Crippen molar-refractivity contribution in [1.29, 1.82) is 0 Å². The third-order valence-electron chi connectivity index (χ3n) is 3.19. The van der Waals surface area contributed by atoms with E-state index in [-0.39, 0.29) is 12.6 Å². The van der Waals surface area contributed by atoms with Crippen LogP contribution in [0.25, 0.3) is 0 Å². The number of carbonyl (C=O) groups excluding carboxylic acids is 1. The highest BCUT2D eigenvalue weighted by atomic mass is 16.4. The van der Waals surface area contributed by atoms with Crippen LogP contribution in [0.3, 0.4) is 0 Å². The molecule has 20 heavy (non-hydrogen) atoms. The fourth-order valence-corrected chi connectivity index (χ4v) is 2.11. The number of hydrogen-bond acceptors (Lipinski definition) is 4. The van der Waals surface area contributed by atoms with Gasteiger partial charge in [-0.3, -0.25) is 9.48 Å². The summed E-state index contributed by atoms with van der Waals surface area (Å²) in [6.45, 7) is 3.03. The zero-order valence-electron chi connectivity index (χ0n) is 11.4. The SMILES string of the molecule is CN1CCCN(C(=O)Nc2cnn(CC(=O)O)c2)CC1. The number of carbonyl (C=O) groups is 2. The number of anilines is 1. The molecule has 0 saturated carbocycles. The Bertz CT molecular complexity index is 487. The van der Waals surface area contributed by atoms with Crippen LogP contribution >= 0.6 is 0 Å². The van der Waals surface area contributed by atoms with E-state index < -0.39 is 5.97 Å². The average molecular weight is 281 g/mol. The van der Waals surface area contributed by atoms with Gasteiger partial charge in [-0.25, -0.2) is 4.79 Å². The van der Waals surface area contributed by atoms with Crippen molar-refractivity contribution in [2.24, 2.45) is 0 Å². The molecule has 2 rings (SSSR count). The van der Waals surface area contributed by atoms with E-state index in [1.165, 1.54) is 17.1 Å². The van der Waals surface area contributed by atoms with Crippen molar-refractivity contribution in [3.8, 4) is 0 Å². The van der Waals surface area contributed by atoms with Crippen LogP contribution in [0.15, 0.2) is 12.4 Å². The molecule has 1 aliphatic heterocycles. The molecule has 0 aromatic carbocycles. The highest BCUT2D eigenvalue weighted by Crippen LogP contribution is 2.08. The van der Waals surface area contributed by atoms with Crippen molar-refractivity contribution in [3.05, 3.63) is 12.4 Å². The Morgan fingerprint density at radius 1 is 1.35 bits per heavy atom. The van der Waals surface area contributed by atoms with Crippen LogP contribution in [0.1, 0.15) is 6.42 Å². The molecule has 8 heteroatoms. The minimum atomic E-state index is -0.971. The summed E-state index contributed by atoms with van der Waals surface area (Å²) in [5.74, 6) is -0.971. The van der Waals surface area contributed by atoms with Gasteiger partial charge in [0, 0.05) is 25.8 Å². The van der Waals surface area contributed by atoms with Gasteiger partial charge in [-0.05, 0) is 20.0 Å². The molecule has 2 N–H and O–H groups in total. The van der Waals surface area contributed by atoms with Crippen molar-refractivity contribution in [1.82, 2.24) is 19.6 Å². The summed E-state index contributed by atoms with van der Waals surface area (Å²) in [5, 5.41) is 15.3. The molecule has 8 nitrogen and oxygen atoms in total. The van der Waals surface area contributed by atoms with Gasteiger partial charge in [0.2, 0.25) is 0 Å². The maximum Gasteiger partial charge on any atom is 0.325 e. The van der Waals surface area contributed by atoms with E-state index in [9.17, 15) is 9.59 Å². The van der Waals surface area contributed by atoms with Gasteiger partial charge >= 0.3 is 12.0 Å². The molecule has 110 valence electrons. The standard InChI is InChI=1S/C12H19N5O3/c1-15-3-2-4-16(6-5-15)12(20)14-10-7-13-17(8-10)9-11(18)19/h7-8H,2-6,9H2,1H3,(H,14,20)(H,18,19). The van der Waals surface area contributed by atoms with E-state index >= 15 is 0 Å². The lowest BCUT2D eigenvalue weighted by Gasteiger charge is -2.20. The zero-order valence-corrected chi connectivity index (χ0v) is 11.4. The van der Waals surface area contributed by atoms with Crippen molar-refractivity contribution in [3.63, 3.8) is 0 Å². The Kier molecular flexibility index (Phi) is 4.57. The Morgan fingerprint density at radius 2 is 2.15 bits per heavy atom. The lowest BCUT2D eigenvalue weighted by atomic mass is 10.4. The molecule has 1 fully saturated rings. The number of carboxylic acid groups (broad SMARTS) is 1. The monoisotopic (exact) mass is 281 g/mol. The quantitative estimate of drug-likeness (QED) is 0.822. The highest BCUT2D eigenvalue weighted by Gasteiger charge is 2.17. The molecular formula is C12H19N5O3. The summed E-state index contributed by atoms with van der Waals surface area (Å²) in [5.41, 5.74) is 0.508. The normalized spacial score (nSPS) is 16.8. The number of aromatic nitrogens is 2. The summed E-state index contributed by atoms with van der Waals surface area (Å²) < 4.78 is 1.27. The average Bonchev–Trinajstić information content (AvgIpc) is 2.67. The molecule has 0 aliphatic carbocycles. The first kappa shape index (κ1) is 14.3. The van der Waals surface area contributed by atoms with E-state index in [2.05, 4.69) is 15.3 Å². The molecule has 1 aliphatic rings. The van der Waals surface area contributed by atoms with Crippen LogP contribution in [-0.2, 0) is 11.3 Å². The van der Waals surface area contributed by atoms with Crippen LogP contribution < -0.4 is 5.32 Å². The van der Waals surface area contributed by atoms with Crippen LogP contribution in [0.4, 0.5) is 10.5 Å². The van der Waals surface area contributed by atoms with Crippen molar-refractivity contribution < 1.29 is 14.7 Å². The maximum absolute atomic E-state index is 12.1. The minimum absolute atomic E-state index is 0.171. The van der Waals surface area contributed by atoms with Gasteiger partial charge in [0.15, 0.2) is 0 Å². The summed E-state index contributed by atoms with van der Waals surface area (Å²) >= 11 is 0. The second kappa shape index (κ2) is 6.38. The van der Waals surface area contributed by atoms with Crippen LogP contribution in [0, 0.1) is 0 Å². The van der Waals surface area contributed by atoms with E-state index in [1.807, 2.05) is 7.05 Å². The van der Waals surface area contributed by atoms with Crippen LogP contribution in [0.5, 0.6) is 0 Å². The fourth-order valence-electron chi connectivity index (χ4n) is 2.11. The maximum atomic E-state index is 12.1. The van der Waals surface area contributed by atoms with Crippen LogP contribution in [0.2, 0.25) is 0 Å². The first-order valence-electron chi connectivity index (χ1n) is 6.53. The summed E-state index contributed by atoms with van der Waals surface area (Å²) in [6, 6.07) is -0.171. The fraction of sp³-hybridized carbons (Fsp3) is 0.583. The van der Waals surface area contributed by atoms with E-state index in [0.29, 0.717) is 12.2 Å². The van der Waals surface area contributed by atoms with Gasteiger partial charge in [-0.1, -0.05) is 0 Å². The molecule has 0 radical (unpaired) electrons. The Hall–Kier alpha value is -2.09. The molecule has 1 saturated heterocycles. The van der Waals surface area contributed by atoms with Gasteiger partial charge in [0.1, 0.15) is 6.54 Å². The second-order valence-corrected chi connectivity index (χ2v) is 4.89. The summed E-state index contributed by atoms with van der Waals surface area (Å²) in [6.07, 6.45) is 3.91. The third-order valence-corrected chi connectivity index (χ3v) is 3.19. The Balaban J connectivity index is 1.90. The van der Waals surface area contributed by atoms with E-state index in [0.717, 1.165) is 26.1 Å². The lowest BCUT2D eigenvalue weighted by molar-refractivity contribution is -0.137. The van der Waals surface area contributed by atoms with Gasteiger partial charge in [0.05, 0.1) is 11.9 Å². The van der Waals surface area contributed by atoms with Gasteiger partial charge < -0.3 is 20.2 Å². The molecular weight excluding hydrogens is 262 g/mol. The topological polar surface area (TPSA) is 90.7 Å². The molecule has 0 unspecified atom stereocenters. The largest absolute Gasteiger partial charge is 0.480 e. The smallest absolute Gasteiger partial charge is 0.325 e. The van der Waals surface area contributed by atoms with E-state index in [4.69, 9.17) is 5.11 Å². The number of aliphatic carboxylic acids is 1. The number of carboxylic acids is 1. The lowest BCUT2D eigenvalue weighted by Crippen LogP contribution is -2.37. The number of nitrogens with one attached hydrogen (secondary N) is 1. The molecule has 0 atom stereocenters. The molecule has 1 aromatic heterocycles. The van der Waals surface area contributed by atoms with Gasteiger partial charge in [-0.15, -0.1) is 0 Å². The van der Waals surface area contributed by atoms with Crippen LogP contribution in [-0.4, -0.2) is 69.9 Å². The molecule has 0 bridgehead atoms. The predicted molar refractivity (Wildman–Crippen MR) is 72.6 cm³/mol.